The molecular weight excluding hydrogens is 263 g/mol. The number of rotatable bonds is 7. The number of primary amides is 1. The first-order chi connectivity index (χ1) is 9.30. The predicted molar refractivity (Wildman–Crippen MR) is 74.8 cm³/mol. The van der Waals surface area contributed by atoms with E-state index in [1.54, 1.807) is 19.9 Å². The van der Waals surface area contributed by atoms with Gasteiger partial charge in [0, 0.05) is 26.3 Å². The Bertz CT molecular complexity index is 457. The molecule has 1 aromatic carbocycles. The average molecular weight is 284 g/mol. The number of nitrogens with one attached hydrogen (secondary N) is 1. The van der Waals surface area contributed by atoms with Crippen LogP contribution in [0.25, 0.3) is 0 Å². The number of carbonyl (C=O) groups excluding carboxylic acids is 1. The molecule has 0 saturated heterocycles. The summed E-state index contributed by atoms with van der Waals surface area (Å²) in [6.07, 6.45) is -0.389. The number of nitrogens with two attached hydrogens (primary N) is 1. The van der Waals surface area contributed by atoms with Gasteiger partial charge in [-0.2, -0.15) is 0 Å². The number of benzene rings is 1. The van der Waals surface area contributed by atoms with Crippen LogP contribution < -0.4 is 11.1 Å². The highest BCUT2D eigenvalue weighted by molar-refractivity contribution is 5.87. The van der Waals surface area contributed by atoms with E-state index >= 15 is 0 Å². The lowest BCUT2D eigenvalue weighted by atomic mass is 9.95. The zero-order valence-corrected chi connectivity index (χ0v) is 12.2. The number of methoxy groups -OCH3 is 2. The fourth-order valence-corrected chi connectivity index (χ4v) is 1.94. The van der Waals surface area contributed by atoms with Gasteiger partial charge < -0.3 is 20.5 Å². The SMILES string of the molecule is COC(CC(C)(Nc1cc(C)cc(F)c1)C(N)=O)OC. The van der Waals surface area contributed by atoms with E-state index in [2.05, 4.69) is 5.32 Å². The van der Waals surface area contributed by atoms with Gasteiger partial charge in [0.25, 0.3) is 0 Å². The molecule has 1 unspecified atom stereocenters. The van der Waals surface area contributed by atoms with Crippen molar-refractivity contribution in [2.75, 3.05) is 19.5 Å². The molecule has 0 aromatic heterocycles. The summed E-state index contributed by atoms with van der Waals surface area (Å²) in [6, 6.07) is 4.45. The number of carbonyl (C=O) groups is 1. The van der Waals surface area contributed by atoms with E-state index in [-0.39, 0.29) is 12.2 Å². The minimum absolute atomic E-state index is 0.199. The Morgan fingerprint density at radius 2 is 2.00 bits per heavy atom. The first-order valence-electron chi connectivity index (χ1n) is 6.21. The molecule has 1 amide bonds. The predicted octanol–water partition coefficient (Wildman–Crippen LogP) is 1.80. The van der Waals surface area contributed by atoms with Crippen molar-refractivity contribution in [3.8, 4) is 0 Å². The number of halogens is 1. The summed E-state index contributed by atoms with van der Waals surface area (Å²) in [7, 11) is 2.95. The van der Waals surface area contributed by atoms with E-state index in [1.807, 2.05) is 0 Å². The van der Waals surface area contributed by atoms with Crippen LogP contribution in [-0.4, -0.2) is 32.0 Å². The van der Waals surface area contributed by atoms with E-state index in [4.69, 9.17) is 15.2 Å². The molecule has 5 nitrogen and oxygen atoms in total. The molecule has 0 heterocycles. The third-order valence-electron chi connectivity index (χ3n) is 3.11. The van der Waals surface area contributed by atoms with Gasteiger partial charge in [-0.25, -0.2) is 4.39 Å². The van der Waals surface area contributed by atoms with Gasteiger partial charge in [-0.15, -0.1) is 0 Å². The monoisotopic (exact) mass is 284 g/mol. The molecule has 1 atom stereocenters. The Kier molecular flexibility index (Phi) is 5.47. The second kappa shape index (κ2) is 6.67. The van der Waals surface area contributed by atoms with Crippen LogP contribution in [0.2, 0.25) is 0 Å². The lowest BCUT2D eigenvalue weighted by Gasteiger charge is -2.31. The van der Waals surface area contributed by atoms with Crippen LogP contribution in [0.15, 0.2) is 18.2 Å². The Labute approximate surface area is 118 Å². The summed E-state index contributed by atoms with van der Waals surface area (Å²) >= 11 is 0. The van der Waals surface area contributed by atoms with Gasteiger partial charge in [0.1, 0.15) is 11.4 Å². The highest BCUT2D eigenvalue weighted by atomic mass is 19.1. The maximum absolute atomic E-state index is 13.4. The fraction of sp³-hybridized carbons (Fsp3) is 0.500. The van der Waals surface area contributed by atoms with Crippen LogP contribution in [-0.2, 0) is 14.3 Å². The number of anilines is 1. The Balaban J connectivity index is 2.98. The number of hydrogen-bond donors (Lipinski definition) is 2. The minimum atomic E-state index is -1.11. The lowest BCUT2D eigenvalue weighted by molar-refractivity contribution is -0.134. The maximum Gasteiger partial charge on any atom is 0.243 e. The topological polar surface area (TPSA) is 73.6 Å². The summed E-state index contributed by atoms with van der Waals surface area (Å²) in [5.74, 6) is -0.951. The zero-order valence-electron chi connectivity index (χ0n) is 12.2. The molecule has 0 aliphatic carbocycles. The van der Waals surface area contributed by atoms with E-state index < -0.39 is 17.7 Å². The smallest absolute Gasteiger partial charge is 0.243 e. The third-order valence-corrected chi connectivity index (χ3v) is 3.11. The second-order valence-corrected chi connectivity index (χ2v) is 4.94. The van der Waals surface area contributed by atoms with Crippen molar-refractivity contribution in [2.24, 2.45) is 5.73 Å². The quantitative estimate of drug-likeness (QED) is 0.749. The molecule has 1 rings (SSSR count). The summed E-state index contributed by atoms with van der Waals surface area (Å²) < 4.78 is 23.6. The molecule has 0 spiro atoms. The van der Waals surface area contributed by atoms with Gasteiger partial charge in [0.15, 0.2) is 6.29 Å². The summed E-state index contributed by atoms with van der Waals surface area (Å²) in [6.45, 7) is 3.39. The Morgan fingerprint density at radius 1 is 1.40 bits per heavy atom. The molecule has 0 fully saturated rings. The van der Waals surface area contributed by atoms with E-state index in [9.17, 15) is 9.18 Å². The molecular formula is C14H21FN2O3. The maximum atomic E-state index is 13.4. The minimum Gasteiger partial charge on any atom is -0.371 e. The molecule has 3 N–H and O–H groups in total. The van der Waals surface area contributed by atoms with Crippen molar-refractivity contribution in [1.82, 2.24) is 0 Å². The van der Waals surface area contributed by atoms with Gasteiger partial charge >= 0.3 is 0 Å². The van der Waals surface area contributed by atoms with Gasteiger partial charge in [0.05, 0.1) is 0 Å². The van der Waals surface area contributed by atoms with Crippen molar-refractivity contribution < 1.29 is 18.7 Å². The molecule has 112 valence electrons. The molecule has 0 saturated carbocycles. The van der Waals surface area contributed by atoms with Crippen molar-refractivity contribution in [2.45, 2.75) is 32.1 Å². The Morgan fingerprint density at radius 3 is 2.45 bits per heavy atom. The molecule has 0 bridgehead atoms. The summed E-state index contributed by atoms with van der Waals surface area (Å²) in [5.41, 5.74) is 5.56. The molecule has 0 radical (unpaired) electrons. The second-order valence-electron chi connectivity index (χ2n) is 4.94. The number of ether oxygens (including phenoxy) is 2. The van der Waals surface area contributed by atoms with Crippen LogP contribution in [0.5, 0.6) is 0 Å². The summed E-state index contributed by atoms with van der Waals surface area (Å²) in [5, 5.41) is 2.96. The van der Waals surface area contributed by atoms with Crippen molar-refractivity contribution in [1.29, 1.82) is 0 Å². The van der Waals surface area contributed by atoms with Crippen molar-refractivity contribution >= 4 is 11.6 Å². The highest BCUT2D eigenvalue weighted by Gasteiger charge is 2.34. The van der Waals surface area contributed by atoms with Crippen LogP contribution >= 0.6 is 0 Å². The van der Waals surface area contributed by atoms with Crippen LogP contribution in [0, 0.1) is 12.7 Å². The number of aryl methyl sites for hydroxylation is 1. The molecule has 1 aromatic rings. The first kappa shape index (κ1) is 16.4. The van der Waals surface area contributed by atoms with Gasteiger partial charge in [-0.1, -0.05) is 0 Å². The molecule has 6 heteroatoms. The fourth-order valence-electron chi connectivity index (χ4n) is 1.94. The molecule has 0 aliphatic heterocycles. The number of amides is 1. The van der Waals surface area contributed by atoms with E-state index in [0.29, 0.717) is 5.69 Å². The van der Waals surface area contributed by atoms with Crippen LogP contribution in [0.4, 0.5) is 10.1 Å². The van der Waals surface area contributed by atoms with E-state index in [1.165, 1.54) is 26.4 Å². The van der Waals surface area contributed by atoms with Crippen LogP contribution in [0.1, 0.15) is 18.9 Å². The summed E-state index contributed by atoms with van der Waals surface area (Å²) in [4.78, 5) is 11.7. The third kappa shape index (κ3) is 4.18. The van der Waals surface area contributed by atoms with Gasteiger partial charge in [-0.05, 0) is 37.6 Å². The lowest BCUT2D eigenvalue weighted by Crippen LogP contribution is -2.50. The standard InChI is InChI=1S/C14H21FN2O3/c1-9-5-10(15)7-11(6-9)17-14(2,13(16)18)8-12(19-3)20-4/h5-7,12,17H,8H2,1-4H3,(H2,16,18). The first-order valence-corrected chi connectivity index (χ1v) is 6.21. The van der Waals surface area contributed by atoms with Gasteiger partial charge in [-0.3, -0.25) is 4.79 Å². The van der Waals surface area contributed by atoms with E-state index in [0.717, 1.165) is 5.56 Å². The highest BCUT2D eigenvalue weighted by Crippen LogP contribution is 2.23. The van der Waals surface area contributed by atoms with Crippen molar-refractivity contribution in [3.05, 3.63) is 29.6 Å². The van der Waals surface area contributed by atoms with Crippen molar-refractivity contribution in [3.63, 3.8) is 0 Å². The molecule has 0 aliphatic rings. The molecule has 20 heavy (non-hydrogen) atoms. The zero-order chi connectivity index (χ0) is 15.3. The number of hydrogen-bond acceptors (Lipinski definition) is 4. The van der Waals surface area contributed by atoms with Gasteiger partial charge in [0.2, 0.25) is 5.91 Å². The normalized spacial score (nSPS) is 14.1. The largest absolute Gasteiger partial charge is 0.371 e. The average Bonchev–Trinajstić information content (AvgIpc) is 2.34. The van der Waals surface area contributed by atoms with Crippen LogP contribution in [0.3, 0.4) is 0 Å². The Hall–Kier alpha value is -1.66.